The van der Waals surface area contributed by atoms with Crippen molar-refractivity contribution < 1.29 is 38.1 Å². The lowest BCUT2D eigenvalue weighted by Crippen LogP contribution is -2.48. The van der Waals surface area contributed by atoms with Crippen molar-refractivity contribution in [1.29, 1.82) is 0 Å². The summed E-state index contributed by atoms with van der Waals surface area (Å²) in [5, 5.41) is 8.24. The third-order valence-corrected chi connectivity index (χ3v) is 5.31. The molecule has 0 radical (unpaired) electrons. The highest BCUT2D eigenvalue weighted by Crippen LogP contribution is 2.04. The van der Waals surface area contributed by atoms with E-state index >= 15 is 0 Å². The zero-order valence-corrected chi connectivity index (χ0v) is 23.1. The molecule has 0 aliphatic rings. The van der Waals surface area contributed by atoms with Gasteiger partial charge in [0.1, 0.15) is 0 Å². The number of ether oxygens (including phenoxy) is 4. The van der Waals surface area contributed by atoms with Crippen molar-refractivity contribution >= 4 is 24.2 Å². The Balaban J connectivity index is 5.03. The van der Waals surface area contributed by atoms with Gasteiger partial charge in [-0.2, -0.15) is 0 Å². The molecule has 3 N–H and O–H groups in total. The van der Waals surface area contributed by atoms with Gasteiger partial charge in [0.15, 0.2) is 0 Å². The lowest BCUT2D eigenvalue weighted by molar-refractivity contribution is -0.140. The number of rotatable bonds is 21. The molecule has 0 aliphatic heterocycles. The normalized spacial score (nSPS) is 11.4. The Kier molecular flexibility index (Phi) is 21.9. The molecule has 0 bridgehead atoms. The van der Waals surface area contributed by atoms with Crippen LogP contribution in [0.5, 0.6) is 0 Å². The minimum atomic E-state index is -0.557. The van der Waals surface area contributed by atoms with Gasteiger partial charge in [-0.25, -0.2) is 14.4 Å². The minimum Gasteiger partial charge on any atom is -0.469 e. The van der Waals surface area contributed by atoms with Crippen molar-refractivity contribution in [3.63, 3.8) is 0 Å². The summed E-state index contributed by atoms with van der Waals surface area (Å²) in [4.78, 5) is 49.7. The van der Waals surface area contributed by atoms with Gasteiger partial charge in [0.2, 0.25) is 0 Å². The zero-order valence-electron chi connectivity index (χ0n) is 23.1. The van der Waals surface area contributed by atoms with Gasteiger partial charge in [-0.15, -0.1) is 0 Å². The molecule has 0 saturated heterocycles. The number of methoxy groups -OCH3 is 1. The molecule has 37 heavy (non-hydrogen) atoms. The second kappa shape index (κ2) is 23.6. The van der Waals surface area contributed by atoms with Gasteiger partial charge in [0, 0.05) is 45.2 Å². The smallest absolute Gasteiger partial charge is 0.407 e. The Labute approximate surface area is 221 Å². The van der Waals surface area contributed by atoms with Crippen LogP contribution in [0.4, 0.5) is 14.4 Å². The SMILES string of the molecule is CCCCOC(=O)NCCN(CCNC(=O)OCCCC)CC(CCC(=O)OC)NC(=O)OCCCC. The summed E-state index contributed by atoms with van der Waals surface area (Å²) in [5.74, 6) is -0.384. The van der Waals surface area contributed by atoms with Gasteiger partial charge in [-0.05, 0) is 25.7 Å². The quantitative estimate of drug-likeness (QED) is 0.115. The van der Waals surface area contributed by atoms with E-state index in [1.807, 2.05) is 25.7 Å². The first-order valence-corrected chi connectivity index (χ1v) is 13.4. The lowest BCUT2D eigenvalue weighted by atomic mass is 10.1. The molecule has 0 aliphatic carbocycles. The molecule has 0 heterocycles. The number of carbonyl (C=O) groups excluding carboxylic acids is 4. The molecule has 0 aromatic carbocycles. The Hall–Kier alpha value is -2.76. The number of hydrogen-bond acceptors (Lipinski definition) is 9. The summed E-state index contributed by atoms with van der Waals surface area (Å²) in [6.07, 6.45) is 4.00. The number of alkyl carbamates (subject to hydrolysis) is 3. The van der Waals surface area contributed by atoms with Crippen LogP contribution in [0, 0.1) is 0 Å². The van der Waals surface area contributed by atoms with E-state index < -0.39 is 24.3 Å². The van der Waals surface area contributed by atoms with Crippen molar-refractivity contribution in [2.24, 2.45) is 0 Å². The van der Waals surface area contributed by atoms with E-state index in [4.69, 9.17) is 18.9 Å². The Morgan fingerprint density at radius 3 is 1.62 bits per heavy atom. The zero-order chi connectivity index (χ0) is 27.7. The highest BCUT2D eigenvalue weighted by Gasteiger charge is 2.19. The van der Waals surface area contributed by atoms with Crippen molar-refractivity contribution in [3.05, 3.63) is 0 Å². The summed E-state index contributed by atoms with van der Waals surface area (Å²) in [7, 11) is 1.31. The van der Waals surface area contributed by atoms with E-state index in [9.17, 15) is 19.2 Å². The molecule has 1 unspecified atom stereocenters. The standard InChI is InChI=1S/C25H48N4O8/c1-5-8-17-35-23(31)26-13-15-29(16-14-27-24(32)36-18-9-6-2)20-21(11-12-22(30)34-4)28-25(33)37-19-10-7-3/h21H,5-20H2,1-4H3,(H,26,31)(H,27,32)(H,28,33). The monoisotopic (exact) mass is 532 g/mol. The summed E-state index contributed by atoms with van der Waals surface area (Å²) in [6.45, 7) is 8.86. The summed E-state index contributed by atoms with van der Waals surface area (Å²) >= 11 is 0. The molecule has 0 rings (SSSR count). The fourth-order valence-corrected chi connectivity index (χ4v) is 3.08. The predicted molar refractivity (Wildman–Crippen MR) is 139 cm³/mol. The molecule has 12 heteroatoms. The third kappa shape index (κ3) is 21.1. The Morgan fingerprint density at radius 1 is 0.730 bits per heavy atom. The van der Waals surface area contributed by atoms with Crippen LogP contribution in [0.25, 0.3) is 0 Å². The van der Waals surface area contributed by atoms with E-state index in [0.29, 0.717) is 59.0 Å². The average molecular weight is 533 g/mol. The van der Waals surface area contributed by atoms with Crippen molar-refractivity contribution in [1.82, 2.24) is 20.9 Å². The first kappa shape index (κ1) is 34.2. The van der Waals surface area contributed by atoms with Crippen LogP contribution in [-0.4, -0.2) is 94.8 Å². The fourth-order valence-electron chi connectivity index (χ4n) is 3.08. The van der Waals surface area contributed by atoms with Crippen molar-refractivity contribution in [3.8, 4) is 0 Å². The molecule has 216 valence electrons. The first-order chi connectivity index (χ1) is 17.9. The van der Waals surface area contributed by atoms with Crippen LogP contribution in [-0.2, 0) is 23.7 Å². The number of carbonyl (C=O) groups is 4. The molecule has 1 atom stereocenters. The maximum absolute atomic E-state index is 12.3. The lowest BCUT2D eigenvalue weighted by Gasteiger charge is -2.28. The molecule has 0 aromatic rings. The number of nitrogens with zero attached hydrogens (tertiary/aromatic N) is 1. The van der Waals surface area contributed by atoms with Crippen LogP contribution in [0.15, 0.2) is 0 Å². The second-order valence-corrected chi connectivity index (χ2v) is 8.58. The number of unbranched alkanes of at least 4 members (excludes halogenated alkanes) is 3. The molecular weight excluding hydrogens is 484 g/mol. The number of nitrogens with one attached hydrogen (secondary N) is 3. The van der Waals surface area contributed by atoms with Crippen LogP contribution in [0.2, 0.25) is 0 Å². The van der Waals surface area contributed by atoms with Crippen LogP contribution in [0.1, 0.15) is 72.1 Å². The Bertz CT molecular complexity index is 608. The maximum Gasteiger partial charge on any atom is 0.407 e. The number of esters is 1. The van der Waals surface area contributed by atoms with Crippen LogP contribution < -0.4 is 16.0 Å². The van der Waals surface area contributed by atoms with Gasteiger partial charge in [0.25, 0.3) is 0 Å². The highest BCUT2D eigenvalue weighted by molar-refractivity contribution is 5.70. The van der Waals surface area contributed by atoms with E-state index in [1.165, 1.54) is 7.11 Å². The van der Waals surface area contributed by atoms with E-state index in [-0.39, 0.29) is 12.4 Å². The first-order valence-electron chi connectivity index (χ1n) is 13.4. The number of hydrogen-bond donors (Lipinski definition) is 3. The Morgan fingerprint density at radius 2 is 1.19 bits per heavy atom. The topological polar surface area (TPSA) is 145 Å². The summed E-state index contributed by atoms with van der Waals surface area (Å²) in [6, 6.07) is -0.416. The largest absolute Gasteiger partial charge is 0.469 e. The third-order valence-electron chi connectivity index (χ3n) is 5.31. The van der Waals surface area contributed by atoms with Crippen LogP contribution >= 0.6 is 0 Å². The molecule has 0 fully saturated rings. The molecular formula is C25H48N4O8. The fraction of sp³-hybridized carbons (Fsp3) is 0.840. The van der Waals surface area contributed by atoms with Gasteiger partial charge >= 0.3 is 24.2 Å². The molecule has 3 amide bonds. The minimum absolute atomic E-state index is 0.119. The van der Waals surface area contributed by atoms with Crippen molar-refractivity contribution in [2.45, 2.75) is 78.2 Å². The van der Waals surface area contributed by atoms with Crippen molar-refractivity contribution in [2.75, 3.05) is 59.7 Å². The maximum atomic E-state index is 12.3. The van der Waals surface area contributed by atoms with E-state index in [2.05, 4.69) is 16.0 Å². The van der Waals surface area contributed by atoms with Gasteiger partial charge in [0.05, 0.1) is 26.9 Å². The summed E-state index contributed by atoms with van der Waals surface area (Å²) < 4.78 is 20.2. The van der Waals surface area contributed by atoms with Crippen LogP contribution in [0.3, 0.4) is 0 Å². The van der Waals surface area contributed by atoms with Gasteiger partial charge in [-0.1, -0.05) is 40.0 Å². The van der Waals surface area contributed by atoms with E-state index in [1.54, 1.807) is 0 Å². The molecule has 0 spiro atoms. The average Bonchev–Trinajstić information content (AvgIpc) is 2.87. The van der Waals surface area contributed by atoms with Gasteiger partial charge < -0.3 is 34.9 Å². The second-order valence-electron chi connectivity index (χ2n) is 8.58. The number of amides is 3. The summed E-state index contributed by atoms with van der Waals surface area (Å²) in [5.41, 5.74) is 0. The van der Waals surface area contributed by atoms with Gasteiger partial charge in [-0.3, -0.25) is 9.69 Å². The molecule has 0 saturated carbocycles. The van der Waals surface area contributed by atoms with E-state index in [0.717, 1.165) is 38.5 Å². The molecule has 0 aromatic heterocycles. The highest BCUT2D eigenvalue weighted by atomic mass is 16.6. The molecule has 12 nitrogen and oxygen atoms in total. The predicted octanol–water partition coefficient (Wildman–Crippen LogP) is 3.19.